The maximum atomic E-state index is 11.7. The van der Waals surface area contributed by atoms with Gasteiger partial charge in [-0.05, 0) is 74.0 Å². The summed E-state index contributed by atoms with van der Waals surface area (Å²) < 4.78 is 5.73. The number of rotatable bonds is 2. The van der Waals surface area contributed by atoms with E-state index in [-0.39, 0.29) is 64.1 Å². The molecule has 4 aliphatic rings. The molecule has 10 atom stereocenters. The number of aliphatic hydroxyl groups excluding tert-OH is 3. The summed E-state index contributed by atoms with van der Waals surface area (Å²) in [7, 11) is 0. The zero-order chi connectivity index (χ0) is 19.6. The number of esters is 1. The van der Waals surface area contributed by atoms with Gasteiger partial charge in [-0.25, -0.2) is 0 Å². The topological polar surface area (TPSA) is 87.0 Å². The minimum atomic E-state index is -0.412. The van der Waals surface area contributed by atoms with E-state index < -0.39 is 6.10 Å². The van der Waals surface area contributed by atoms with Gasteiger partial charge in [-0.3, -0.25) is 4.79 Å². The van der Waals surface area contributed by atoms with Crippen LogP contribution >= 0.6 is 15.9 Å². The first kappa shape index (κ1) is 20.1. The van der Waals surface area contributed by atoms with Crippen LogP contribution in [0.25, 0.3) is 0 Å². The molecule has 0 amide bonds. The molecule has 0 aliphatic heterocycles. The predicted octanol–water partition coefficient (Wildman–Crippen LogP) is 2.64. The number of aliphatic hydroxyl groups is 3. The Morgan fingerprint density at radius 1 is 1.15 bits per heavy atom. The fraction of sp³-hybridized carbons (Fsp3) is 0.952. The molecular formula is C21H33BrO5. The van der Waals surface area contributed by atoms with Crippen LogP contribution in [0.3, 0.4) is 0 Å². The van der Waals surface area contributed by atoms with Crippen molar-refractivity contribution >= 4 is 21.9 Å². The van der Waals surface area contributed by atoms with Gasteiger partial charge in [0, 0.05) is 18.9 Å². The summed E-state index contributed by atoms with van der Waals surface area (Å²) in [6.45, 7) is 3.83. The van der Waals surface area contributed by atoms with Crippen molar-refractivity contribution in [2.75, 3.05) is 6.61 Å². The maximum absolute atomic E-state index is 11.7. The van der Waals surface area contributed by atoms with Crippen molar-refractivity contribution in [2.45, 2.75) is 81.9 Å². The summed E-state index contributed by atoms with van der Waals surface area (Å²) in [6.07, 6.45) is 4.85. The van der Waals surface area contributed by atoms with Gasteiger partial charge in [0.2, 0.25) is 0 Å². The number of carbonyl (C=O) groups is 1. The third-order valence-corrected chi connectivity index (χ3v) is 9.69. The Morgan fingerprint density at radius 3 is 2.56 bits per heavy atom. The van der Waals surface area contributed by atoms with Crippen molar-refractivity contribution in [1.29, 1.82) is 0 Å². The van der Waals surface area contributed by atoms with Crippen LogP contribution in [-0.2, 0) is 9.53 Å². The van der Waals surface area contributed by atoms with Crippen LogP contribution in [0.5, 0.6) is 0 Å². The monoisotopic (exact) mass is 444 g/mol. The molecule has 4 rings (SSSR count). The fourth-order valence-electron chi connectivity index (χ4n) is 7.63. The quantitative estimate of drug-likeness (QED) is 0.450. The lowest BCUT2D eigenvalue weighted by Gasteiger charge is -2.62. The first-order valence-corrected chi connectivity index (χ1v) is 11.4. The van der Waals surface area contributed by atoms with Gasteiger partial charge < -0.3 is 20.1 Å². The zero-order valence-corrected chi connectivity index (χ0v) is 17.9. The normalized spacial score (nSPS) is 54.6. The van der Waals surface area contributed by atoms with Crippen LogP contribution in [0, 0.1) is 34.5 Å². The fourth-order valence-corrected chi connectivity index (χ4v) is 8.75. The first-order valence-electron chi connectivity index (χ1n) is 10.5. The number of carbonyl (C=O) groups excluding carboxylic acids is 1. The summed E-state index contributed by atoms with van der Waals surface area (Å²) in [5.74, 6) is 0.625. The Hall–Kier alpha value is -0.170. The Bertz CT molecular complexity index is 599. The van der Waals surface area contributed by atoms with E-state index in [4.69, 9.17) is 4.74 Å². The molecule has 0 aromatic rings. The third-order valence-electron chi connectivity index (χ3n) is 8.84. The van der Waals surface area contributed by atoms with Gasteiger partial charge in [0.1, 0.15) is 6.10 Å². The summed E-state index contributed by atoms with van der Waals surface area (Å²) in [4.78, 5) is 11.8. The molecule has 0 aromatic heterocycles. The van der Waals surface area contributed by atoms with Gasteiger partial charge in [-0.1, -0.05) is 22.9 Å². The average Bonchev–Trinajstić information content (AvgIpc) is 2.85. The summed E-state index contributed by atoms with van der Waals surface area (Å²) in [5, 5.41) is 31.8. The van der Waals surface area contributed by atoms with Crippen molar-refractivity contribution < 1.29 is 24.9 Å². The van der Waals surface area contributed by atoms with Gasteiger partial charge in [-0.2, -0.15) is 0 Å². The molecule has 4 saturated carbocycles. The molecule has 154 valence electrons. The van der Waals surface area contributed by atoms with Crippen molar-refractivity contribution in [2.24, 2.45) is 34.5 Å². The van der Waals surface area contributed by atoms with Crippen LogP contribution in [0.15, 0.2) is 0 Å². The third kappa shape index (κ3) is 2.92. The van der Waals surface area contributed by atoms with E-state index in [0.717, 1.165) is 32.1 Å². The van der Waals surface area contributed by atoms with E-state index in [1.54, 1.807) is 0 Å². The minimum Gasteiger partial charge on any atom is -0.461 e. The minimum absolute atomic E-state index is 0.110. The van der Waals surface area contributed by atoms with Gasteiger partial charge in [0.05, 0.1) is 17.0 Å². The molecule has 4 fully saturated rings. The number of alkyl halides is 1. The van der Waals surface area contributed by atoms with E-state index >= 15 is 0 Å². The Kier molecular flexibility index (Phi) is 5.19. The highest BCUT2D eigenvalue weighted by atomic mass is 79.9. The second-order valence-corrected chi connectivity index (χ2v) is 11.1. The lowest BCUT2D eigenvalue weighted by molar-refractivity contribution is -0.198. The van der Waals surface area contributed by atoms with Crippen LogP contribution in [-0.4, -0.2) is 51.0 Å². The summed E-state index contributed by atoms with van der Waals surface area (Å²) >= 11 is 3.76. The largest absolute Gasteiger partial charge is 0.461 e. The second-order valence-electron chi connectivity index (χ2n) is 9.94. The van der Waals surface area contributed by atoms with Gasteiger partial charge in [-0.15, -0.1) is 0 Å². The SMILES string of the molecule is CC(=O)O[C@H]1[C@H](Br)CC2C3C(CC[C@@]21C)[C@@]1(CO)CC[C@H](O)CC1C[C@@H]3O. The van der Waals surface area contributed by atoms with Crippen LogP contribution in [0.2, 0.25) is 0 Å². The van der Waals surface area contributed by atoms with E-state index in [2.05, 4.69) is 22.9 Å². The molecule has 0 aromatic carbocycles. The summed E-state index contributed by atoms with van der Waals surface area (Å²) in [5.41, 5.74) is -0.314. The molecule has 4 unspecified atom stereocenters. The molecule has 6 heteroatoms. The van der Waals surface area contributed by atoms with E-state index in [9.17, 15) is 20.1 Å². The molecule has 27 heavy (non-hydrogen) atoms. The highest BCUT2D eigenvalue weighted by Gasteiger charge is 2.65. The van der Waals surface area contributed by atoms with E-state index in [1.807, 2.05) is 0 Å². The van der Waals surface area contributed by atoms with Crippen molar-refractivity contribution in [3.63, 3.8) is 0 Å². The molecule has 0 heterocycles. The van der Waals surface area contributed by atoms with Crippen molar-refractivity contribution in [1.82, 2.24) is 0 Å². The number of halogens is 1. The summed E-state index contributed by atoms with van der Waals surface area (Å²) in [6, 6.07) is 0. The molecule has 3 N–H and O–H groups in total. The predicted molar refractivity (Wildman–Crippen MR) is 104 cm³/mol. The smallest absolute Gasteiger partial charge is 0.302 e. The molecular weight excluding hydrogens is 412 g/mol. The number of hydrogen-bond donors (Lipinski definition) is 3. The molecule has 5 nitrogen and oxygen atoms in total. The lowest BCUT2D eigenvalue weighted by atomic mass is 9.44. The Morgan fingerprint density at radius 2 is 1.89 bits per heavy atom. The van der Waals surface area contributed by atoms with Gasteiger partial charge in [0.15, 0.2) is 0 Å². The maximum Gasteiger partial charge on any atom is 0.302 e. The molecule has 4 aliphatic carbocycles. The van der Waals surface area contributed by atoms with Crippen molar-refractivity contribution in [3.05, 3.63) is 0 Å². The van der Waals surface area contributed by atoms with Gasteiger partial charge >= 0.3 is 5.97 Å². The average molecular weight is 445 g/mol. The molecule has 0 saturated heterocycles. The molecule has 0 radical (unpaired) electrons. The Balaban J connectivity index is 1.67. The zero-order valence-electron chi connectivity index (χ0n) is 16.3. The highest BCUT2D eigenvalue weighted by molar-refractivity contribution is 9.09. The van der Waals surface area contributed by atoms with E-state index in [0.29, 0.717) is 12.8 Å². The standard InChI is InChI=1S/C21H33BrO5/c1-11(24)27-19-16(22)9-15-18-14(4-5-20(15,19)2)21(10-23)6-3-13(25)7-12(21)8-17(18)26/h12-19,23,25-26H,3-10H2,1-2H3/t12?,13-,14?,15?,16+,17-,18?,19-,20-,21+/m0/s1. The lowest BCUT2D eigenvalue weighted by Crippen LogP contribution is -2.61. The second kappa shape index (κ2) is 6.96. The van der Waals surface area contributed by atoms with E-state index in [1.165, 1.54) is 6.92 Å². The molecule has 0 bridgehead atoms. The van der Waals surface area contributed by atoms with Crippen LogP contribution in [0.1, 0.15) is 58.8 Å². The van der Waals surface area contributed by atoms with Gasteiger partial charge in [0.25, 0.3) is 0 Å². The number of hydrogen-bond acceptors (Lipinski definition) is 5. The first-order chi connectivity index (χ1) is 12.7. The molecule has 0 spiro atoms. The number of ether oxygens (including phenoxy) is 1. The van der Waals surface area contributed by atoms with Crippen LogP contribution in [0.4, 0.5) is 0 Å². The van der Waals surface area contributed by atoms with Crippen LogP contribution < -0.4 is 0 Å². The highest BCUT2D eigenvalue weighted by Crippen LogP contribution is 2.67. The van der Waals surface area contributed by atoms with Crippen molar-refractivity contribution in [3.8, 4) is 0 Å². The Labute approximate surface area is 170 Å². The number of fused-ring (bicyclic) bond motifs is 5.